The molecule has 62 valence electrons. The second kappa shape index (κ2) is 3.61. The number of rotatable bonds is 2. The fourth-order valence-electron chi connectivity index (χ4n) is 0.761. The SMILES string of the molecule is C=C/C=N\c1c(C)nc[nH]c1=O. The van der Waals surface area contributed by atoms with E-state index >= 15 is 0 Å². The van der Waals surface area contributed by atoms with Crippen LogP contribution in [-0.2, 0) is 0 Å². The van der Waals surface area contributed by atoms with Crippen LogP contribution in [0.4, 0.5) is 5.69 Å². The molecule has 0 saturated carbocycles. The Hall–Kier alpha value is -1.71. The summed E-state index contributed by atoms with van der Waals surface area (Å²) in [6.45, 7) is 5.18. The molecule has 0 unspecified atom stereocenters. The van der Waals surface area contributed by atoms with Gasteiger partial charge >= 0.3 is 0 Å². The van der Waals surface area contributed by atoms with Crippen LogP contribution in [-0.4, -0.2) is 16.2 Å². The van der Waals surface area contributed by atoms with E-state index in [9.17, 15) is 4.79 Å². The maximum Gasteiger partial charge on any atom is 0.276 e. The summed E-state index contributed by atoms with van der Waals surface area (Å²) in [5.74, 6) is 0. The van der Waals surface area contributed by atoms with Crippen molar-refractivity contribution in [2.45, 2.75) is 6.92 Å². The van der Waals surface area contributed by atoms with Crippen LogP contribution in [0.2, 0.25) is 0 Å². The summed E-state index contributed by atoms with van der Waals surface area (Å²) in [7, 11) is 0. The highest BCUT2D eigenvalue weighted by Gasteiger charge is 1.99. The third-order valence-electron chi connectivity index (χ3n) is 1.32. The Balaban J connectivity index is 3.21. The Bertz CT molecular complexity index is 365. The highest BCUT2D eigenvalue weighted by atomic mass is 16.1. The molecule has 0 bridgehead atoms. The predicted molar refractivity (Wildman–Crippen MR) is 47.9 cm³/mol. The zero-order chi connectivity index (χ0) is 8.97. The molecule has 0 fully saturated rings. The minimum absolute atomic E-state index is 0.236. The van der Waals surface area contributed by atoms with Crippen LogP contribution in [0.15, 0.2) is 28.8 Å². The molecule has 1 aromatic heterocycles. The van der Waals surface area contributed by atoms with E-state index in [1.165, 1.54) is 18.6 Å². The van der Waals surface area contributed by atoms with Gasteiger partial charge in [-0.3, -0.25) is 4.79 Å². The second-order valence-corrected chi connectivity index (χ2v) is 2.18. The average Bonchev–Trinajstić information content (AvgIpc) is 2.04. The second-order valence-electron chi connectivity index (χ2n) is 2.18. The van der Waals surface area contributed by atoms with Crippen molar-refractivity contribution in [3.63, 3.8) is 0 Å². The number of hydrogen-bond acceptors (Lipinski definition) is 3. The highest BCUT2D eigenvalue weighted by molar-refractivity contribution is 5.73. The molecule has 0 aliphatic rings. The summed E-state index contributed by atoms with van der Waals surface area (Å²) in [6, 6.07) is 0. The number of aromatic amines is 1. The number of aryl methyl sites for hydroxylation is 1. The average molecular weight is 163 g/mol. The maximum absolute atomic E-state index is 11.1. The summed E-state index contributed by atoms with van der Waals surface area (Å²) in [4.78, 5) is 21.3. The molecule has 1 rings (SSSR count). The fourth-order valence-corrected chi connectivity index (χ4v) is 0.761. The van der Waals surface area contributed by atoms with Crippen molar-refractivity contribution in [3.8, 4) is 0 Å². The van der Waals surface area contributed by atoms with Gasteiger partial charge in [-0.25, -0.2) is 9.98 Å². The van der Waals surface area contributed by atoms with Crippen LogP contribution in [0.25, 0.3) is 0 Å². The first-order chi connectivity index (χ1) is 5.75. The molecule has 0 aliphatic carbocycles. The largest absolute Gasteiger partial charge is 0.311 e. The fraction of sp³-hybridized carbons (Fsp3) is 0.125. The molecule has 4 heteroatoms. The Labute approximate surface area is 69.7 Å². The molecule has 0 radical (unpaired) electrons. The van der Waals surface area contributed by atoms with Crippen molar-refractivity contribution in [3.05, 3.63) is 35.0 Å². The number of aliphatic imine (C=N–C) groups is 1. The number of allylic oxidation sites excluding steroid dienone is 1. The number of nitrogens with zero attached hydrogens (tertiary/aromatic N) is 2. The van der Waals surface area contributed by atoms with Gasteiger partial charge in [-0.15, -0.1) is 0 Å². The van der Waals surface area contributed by atoms with E-state index in [2.05, 4.69) is 21.5 Å². The number of aromatic nitrogens is 2. The molecule has 4 nitrogen and oxygen atoms in total. The maximum atomic E-state index is 11.1. The zero-order valence-corrected chi connectivity index (χ0v) is 6.74. The molecule has 1 aromatic rings. The minimum atomic E-state index is -0.236. The number of hydrogen-bond donors (Lipinski definition) is 1. The van der Waals surface area contributed by atoms with Gasteiger partial charge < -0.3 is 4.98 Å². The Morgan fingerprint density at radius 1 is 1.75 bits per heavy atom. The summed E-state index contributed by atoms with van der Waals surface area (Å²) in [5.41, 5.74) is 0.704. The monoisotopic (exact) mass is 163 g/mol. The van der Waals surface area contributed by atoms with Gasteiger partial charge in [0.15, 0.2) is 0 Å². The van der Waals surface area contributed by atoms with Gasteiger partial charge in [-0.1, -0.05) is 12.7 Å². The van der Waals surface area contributed by atoms with Gasteiger partial charge in [-0.2, -0.15) is 0 Å². The Morgan fingerprint density at radius 2 is 2.50 bits per heavy atom. The zero-order valence-electron chi connectivity index (χ0n) is 6.74. The van der Waals surface area contributed by atoms with Crippen LogP contribution in [0.3, 0.4) is 0 Å². The van der Waals surface area contributed by atoms with E-state index in [1.54, 1.807) is 6.92 Å². The van der Waals surface area contributed by atoms with Gasteiger partial charge in [-0.05, 0) is 6.92 Å². The van der Waals surface area contributed by atoms with Crippen LogP contribution in [0, 0.1) is 6.92 Å². The lowest BCUT2D eigenvalue weighted by atomic mass is 10.4. The molecule has 0 aliphatic heterocycles. The lowest BCUT2D eigenvalue weighted by Gasteiger charge is -1.94. The summed E-state index contributed by atoms with van der Waals surface area (Å²) in [5, 5.41) is 0. The molecule has 0 spiro atoms. The molecular formula is C8H9N3O. The standard InChI is InChI=1S/C8H9N3O/c1-3-4-9-7-6(2)10-5-11-8(7)12/h3-5H,1H2,2H3,(H,10,11,12)/b9-4-. The smallest absolute Gasteiger partial charge is 0.276 e. The summed E-state index contributed by atoms with van der Waals surface area (Å²) >= 11 is 0. The van der Waals surface area contributed by atoms with E-state index in [0.717, 1.165) is 0 Å². The lowest BCUT2D eigenvalue weighted by Crippen LogP contribution is -2.06. The van der Waals surface area contributed by atoms with Gasteiger partial charge in [0.25, 0.3) is 5.56 Å². The van der Waals surface area contributed by atoms with Gasteiger partial charge in [0.05, 0.1) is 12.0 Å². The molecule has 1 N–H and O–H groups in total. The molecule has 0 amide bonds. The summed E-state index contributed by atoms with van der Waals surface area (Å²) in [6.07, 6.45) is 4.32. The first kappa shape index (κ1) is 8.39. The van der Waals surface area contributed by atoms with Gasteiger partial charge in [0.2, 0.25) is 0 Å². The van der Waals surface area contributed by atoms with E-state index < -0.39 is 0 Å². The van der Waals surface area contributed by atoms with Crippen molar-refractivity contribution in [1.82, 2.24) is 9.97 Å². The number of nitrogens with one attached hydrogen (secondary N) is 1. The molecule has 0 aromatic carbocycles. The van der Waals surface area contributed by atoms with Crippen molar-refractivity contribution in [2.75, 3.05) is 0 Å². The van der Waals surface area contributed by atoms with Crippen molar-refractivity contribution in [1.29, 1.82) is 0 Å². The van der Waals surface area contributed by atoms with E-state index in [0.29, 0.717) is 11.4 Å². The first-order valence-corrected chi connectivity index (χ1v) is 3.45. The van der Waals surface area contributed by atoms with Gasteiger partial charge in [0, 0.05) is 6.21 Å². The number of H-pyrrole nitrogens is 1. The lowest BCUT2D eigenvalue weighted by molar-refractivity contribution is 1.06. The van der Waals surface area contributed by atoms with Gasteiger partial charge in [0.1, 0.15) is 5.69 Å². The topological polar surface area (TPSA) is 58.1 Å². The van der Waals surface area contributed by atoms with E-state index in [4.69, 9.17) is 0 Å². The minimum Gasteiger partial charge on any atom is -0.311 e. The Kier molecular flexibility index (Phi) is 2.53. The normalized spacial score (nSPS) is 10.4. The molecule has 0 saturated heterocycles. The summed E-state index contributed by atoms with van der Waals surface area (Å²) < 4.78 is 0. The molecular weight excluding hydrogens is 154 g/mol. The first-order valence-electron chi connectivity index (χ1n) is 3.45. The van der Waals surface area contributed by atoms with Crippen LogP contribution in [0.5, 0.6) is 0 Å². The van der Waals surface area contributed by atoms with E-state index in [1.807, 2.05) is 0 Å². The molecule has 1 heterocycles. The van der Waals surface area contributed by atoms with Crippen LogP contribution in [0.1, 0.15) is 5.69 Å². The van der Waals surface area contributed by atoms with Crippen molar-refractivity contribution < 1.29 is 0 Å². The van der Waals surface area contributed by atoms with Crippen molar-refractivity contribution >= 4 is 11.9 Å². The van der Waals surface area contributed by atoms with Crippen LogP contribution >= 0.6 is 0 Å². The van der Waals surface area contributed by atoms with Crippen molar-refractivity contribution in [2.24, 2.45) is 4.99 Å². The third-order valence-corrected chi connectivity index (χ3v) is 1.32. The van der Waals surface area contributed by atoms with E-state index in [-0.39, 0.29) is 5.56 Å². The molecule has 0 atom stereocenters. The predicted octanol–water partition coefficient (Wildman–Crippen LogP) is 0.967. The quantitative estimate of drug-likeness (QED) is 0.660. The Morgan fingerprint density at radius 3 is 3.08 bits per heavy atom. The third kappa shape index (κ3) is 1.66. The molecule has 12 heavy (non-hydrogen) atoms. The highest BCUT2D eigenvalue weighted by Crippen LogP contribution is 2.06. The van der Waals surface area contributed by atoms with Crippen LogP contribution < -0.4 is 5.56 Å².